The van der Waals surface area contributed by atoms with Gasteiger partial charge in [0.2, 0.25) is 0 Å². The van der Waals surface area contributed by atoms with Gasteiger partial charge in [-0.05, 0) is 66.1 Å². The SMILES string of the molecule is COc1ccc(-c2cc(=O)oc3ccc(-c4cc5cc(C)ccc5oc4=O)cc23)cc1. The monoisotopic (exact) mass is 410 g/mol. The summed E-state index contributed by atoms with van der Waals surface area (Å²) in [6, 6.07) is 21.7. The summed E-state index contributed by atoms with van der Waals surface area (Å²) in [5, 5.41) is 1.58. The molecular weight excluding hydrogens is 392 g/mol. The second kappa shape index (κ2) is 7.29. The number of ether oxygens (including phenoxy) is 1. The molecule has 0 atom stereocenters. The van der Waals surface area contributed by atoms with Gasteiger partial charge in [0.15, 0.2) is 0 Å². The molecule has 0 spiro atoms. The zero-order valence-corrected chi connectivity index (χ0v) is 17.0. The number of hydrogen-bond donors (Lipinski definition) is 0. The fourth-order valence-electron chi connectivity index (χ4n) is 3.78. The Balaban J connectivity index is 1.74. The van der Waals surface area contributed by atoms with Crippen LogP contribution in [0.4, 0.5) is 0 Å². The molecule has 0 aliphatic heterocycles. The Labute approximate surface area is 177 Å². The number of rotatable bonds is 3. The molecule has 5 rings (SSSR count). The van der Waals surface area contributed by atoms with Gasteiger partial charge in [-0.2, -0.15) is 0 Å². The van der Waals surface area contributed by atoms with Crippen molar-refractivity contribution in [2.45, 2.75) is 6.92 Å². The number of hydrogen-bond acceptors (Lipinski definition) is 5. The first kappa shape index (κ1) is 18.9. The molecule has 0 radical (unpaired) electrons. The minimum Gasteiger partial charge on any atom is -0.497 e. The van der Waals surface area contributed by atoms with Gasteiger partial charge in [-0.3, -0.25) is 0 Å². The van der Waals surface area contributed by atoms with Crippen LogP contribution in [0.2, 0.25) is 0 Å². The second-order valence-electron chi connectivity index (χ2n) is 7.41. The molecule has 0 bridgehead atoms. The number of fused-ring (bicyclic) bond motifs is 2. The van der Waals surface area contributed by atoms with Gasteiger partial charge in [0.05, 0.1) is 12.7 Å². The van der Waals surface area contributed by atoms with Gasteiger partial charge >= 0.3 is 11.3 Å². The number of aryl methyl sites for hydroxylation is 1. The molecule has 0 unspecified atom stereocenters. The normalized spacial score (nSPS) is 11.2. The Morgan fingerprint density at radius 1 is 0.710 bits per heavy atom. The lowest BCUT2D eigenvalue weighted by Crippen LogP contribution is -2.03. The summed E-state index contributed by atoms with van der Waals surface area (Å²) in [7, 11) is 1.60. The highest BCUT2D eigenvalue weighted by molar-refractivity contribution is 5.96. The summed E-state index contributed by atoms with van der Waals surface area (Å²) >= 11 is 0. The van der Waals surface area contributed by atoms with Crippen molar-refractivity contribution in [1.82, 2.24) is 0 Å². The predicted octanol–water partition coefficient (Wildman–Crippen LogP) is 5.55. The Bertz CT molecular complexity index is 1560. The maximum atomic E-state index is 12.7. The Morgan fingerprint density at radius 2 is 1.45 bits per heavy atom. The average Bonchev–Trinajstić information content (AvgIpc) is 2.78. The molecule has 5 aromatic rings. The van der Waals surface area contributed by atoms with Crippen molar-refractivity contribution in [2.24, 2.45) is 0 Å². The molecule has 0 aliphatic carbocycles. The fraction of sp³-hybridized carbons (Fsp3) is 0.0769. The van der Waals surface area contributed by atoms with Gasteiger partial charge in [0.1, 0.15) is 16.9 Å². The van der Waals surface area contributed by atoms with E-state index < -0.39 is 11.3 Å². The molecule has 152 valence electrons. The van der Waals surface area contributed by atoms with Crippen molar-refractivity contribution in [1.29, 1.82) is 0 Å². The van der Waals surface area contributed by atoms with E-state index in [-0.39, 0.29) is 0 Å². The second-order valence-corrected chi connectivity index (χ2v) is 7.41. The minimum atomic E-state index is -0.438. The molecule has 0 N–H and O–H groups in total. The Kier molecular flexibility index (Phi) is 4.44. The molecular formula is C26H18O5. The molecule has 0 aliphatic rings. The lowest BCUT2D eigenvalue weighted by atomic mass is 9.98. The van der Waals surface area contributed by atoms with Crippen LogP contribution >= 0.6 is 0 Å². The number of methoxy groups -OCH3 is 1. The molecule has 0 fully saturated rings. The fourth-order valence-corrected chi connectivity index (χ4v) is 3.78. The molecule has 0 saturated carbocycles. The van der Waals surface area contributed by atoms with Crippen molar-refractivity contribution < 1.29 is 13.6 Å². The van der Waals surface area contributed by atoms with E-state index >= 15 is 0 Å². The van der Waals surface area contributed by atoms with Crippen LogP contribution in [0, 0.1) is 6.92 Å². The third-order valence-electron chi connectivity index (χ3n) is 5.34. The molecule has 3 aromatic carbocycles. The first-order chi connectivity index (χ1) is 15.0. The van der Waals surface area contributed by atoms with Gasteiger partial charge < -0.3 is 13.6 Å². The van der Waals surface area contributed by atoms with Crippen LogP contribution in [-0.2, 0) is 0 Å². The molecule has 0 saturated heterocycles. The summed E-state index contributed by atoms with van der Waals surface area (Å²) in [5.41, 5.74) is 3.92. The third kappa shape index (κ3) is 3.40. The van der Waals surface area contributed by atoms with E-state index in [0.717, 1.165) is 33.2 Å². The maximum absolute atomic E-state index is 12.7. The van der Waals surface area contributed by atoms with Crippen molar-refractivity contribution in [3.63, 3.8) is 0 Å². The van der Waals surface area contributed by atoms with E-state index in [2.05, 4.69) is 0 Å². The zero-order chi connectivity index (χ0) is 21.5. The zero-order valence-electron chi connectivity index (χ0n) is 17.0. The van der Waals surface area contributed by atoms with Crippen molar-refractivity contribution in [2.75, 3.05) is 7.11 Å². The van der Waals surface area contributed by atoms with Crippen LogP contribution in [0.3, 0.4) is 0 Å². The van der Waals surface area contributed by atoms with Crippen molar-refractivity contribution in [3.05, 3.63) is 99.2 Å². The van der Waals surface area contributed by atoms with E-state index in [1.54, 1.807) is 25.3 Å². The molecule has 2 aromatic heterocycles. The predicted molar refractivity (Wildman–Crippen MR) is 121 cm³/mol. The summed E-state index contributed by atoms with van der Waals surface area (Å²) in [6.45, 7) is 1.99. The van der Waals surface area contributed by atoms with Gasteiger partial charge in [-0.1, -0.05) is 29.8 Å². The van der Waals surface area contributed by atoms with E-state index in [1.165, 1.54) is 6.07 Å². The Hall–Kier alpha value is -4.12. The highest BCUT2D eigenvalue weighted by atomic mass is 16.5. The Morgan fingerprint density at radius 3 is 2.23 bits per heavy atom. The van der Waals surface area contributed by atoms with Gasteiger partial charge in [-0.25, -0.2) is 9.59 Å². The van der Waals surface area contributed by atoms with E-state index in [4.69, 9.17) is 13.6 Å². The maximum Gasteiger partial charge on any atom is 0.344 e. The largest absolute Gasteiger partial charge is 0.497 e. The molecule has 5 nitrogen and oxygen atoms in total. The van der Waals surface area contributed by atoms with Crippen LogP contribution in [0.25, 0.3) is 44.2 Å². The lowest BCUT2D eigenvalue weighted by Gasteiger charge is -2.09. The van der Waals surface area contributed by atoms with Gasteiger partial charge in [-0.15, -0.1) is 0 Å². The first-order valence-corrected chi connectivity index (χ1v) is 9.79. The van der Waals surface area contributed by atoms with Crippen molar-refractivity contribution >= 4 is 21.9 Å². The summed E-state index contributed by atoms with van der Waals surface area (Å²) in [4.78, 5) is 24.8. The molecule has 0 amide bonds. The van der Waals surface area contributed by atoms with Crippen LogP contribution in [0.15, 0.2) is 91.2 Å². The van der Waals surface area contributed by atoms with E-state index in [0.29, 0.717) is 22.3 Å². The van der Waals surface area contributed by atoms with Gasteiger partial charge in [0.25, 0.3) is 0 Å². The smallest absolute Gasteiger partial charge is 0.344 e. The lowest BCUT2D eigenvalue weighted by molar-refractivity contribution is 0.415. The topological polar surface area (TPSA) is 69.7 Å². The molecule has 5 heteroatoms. The minimum absolute atomic E-state index is 0.418. The summed E-state index contributed by atoms with van der Waals surface area (Å²) < 4.78 is 16.1. The highest BCUT2D eigenvalue weighted by Gasteiger charge is 2.13. The summed E-state index contributed by atoms with van der Waals surface area (Å²) in [6.07, 6.45) is 0. The first-order valence-electron chi connectivity index (χ1n) is 9.79. The van der Waals surface area contributed by atoms with Crippen LogP contribution in [0.5, 0.6) is 5.75 Å². The van der Waals surface area contributed by atoms with Crippen LogP contribution in [0.1, 0.15) is 5.56 Å². The average molecular weight is 410 g/mol. The molecule has 31 heavy (non-hydrogen) atoms. The molecule has 2 heterocycles. The number of benzene rings is 3. The van der Waals surface area contributed by atoms with E-state index in [9.17, 15) is 9.59 Å². The summed E-state index contributed by atoms with van der Waals surface area (Å²) in [5.74, 6) is 0.723. The quantitative estimate of drug-likeness (QED) is 0.365. The van der Waals surface area contributed by atoms with Crippen LogP contribution in [-0.4, -0.2) is 7.11 Å². The van der Waals surface area contributed by atoms with Crippen LogP contribution < -0.4 is 16.0 Å². The highest BCUT2D eigenvalue weighted by Crippen LogP contribution is 2.32. The standard InChI is InChI=1S/C26H18O5/c1-15-3-9-23-18(11-15)13-21(26(28)31-23)17-6-10-24-22(12-17)20(14-25(27)30-24)16-4-7-19(29-2)8-5-16/h3-14H,1-2H3. The third-order valence-corrected chi connectivity index (χ3v) is 5.34. The van der Waals surface area contributed by atoms with Crippen molar-refractivity contribution in [3.8, 4) is 28.0 Å². The van der Waals surface area contributed by atoms with E-state index in [1.807, 2.05) is 55.5 Å². The van der Waals surface area contributed by atoms with Gasteiger partial charge in [0, 0.05) is 16.8 Å².